The Balaban J connectivity index is 2.23. The summed E-state index contributed by atoms with van der Waals surface area (Å²) in [5, 5.41) is 18.4. The first-order chi connectivity index (χ1) is 9.29. The van der Waals surface area contributed by atoms with Gasteiger partial charge in [-0.2, -0.15) is 5.26 Å². The van der Waals surface area contributed by atoms with Crippen LogP contribution in [0.4, 0.5) is 5.69 Å². The molecule has 1 fully saturated rings. The number of rotatable bonds is 1. The molecule has 3 rings (SSSR count). The minimum Gasteiger partial charge on any atom is -0.378 e. The van der Waals surface area contributed by atoms with Gasteiger partial charge in [0.2, 0.25) is 0 Å². The SMILES string of the molecule is Cc1ccc2nnc(C#N)c(N3CCOCC3)c2c1. The third-order valence-corrected chi connectivity index (χ3v) is 3.32. The summed E-state index contributed by atoms with van der Waals surface area (Å²) < 4.78 is 5.37. The average Bonchev–Trinajstić information content (AvgIpc) is 2.46. The zero-order valence-electron chi connectivity index (χ0n) is 10.8. The highest BCUT2D eigenvalue weighted by molar-refractivity contribution is 5.93. The molecular formula is C14H14N4O. The molecule has 1 aliphatic heterocycles. The van der Waals surface area contributed by atoms with Crippen molar-refractivity contribution in [3.8, 4) is 6.07 Å². The monoisotopic (exact) mass is 254 g/mol. The van der Waals surface area contributed by atoms with E-state index >= 15 is 0 Å². The predicted molar refractivity (Wildman–Crippen MR) is 72.0 cm³/mol. The van der Waals surface area contributed by atoms with Gasteiger partial charge in [-0.1, -0.05) is 11.6 Å². The van der Waals surface area contributed by atoms with Crippen molar-refractivity contribution in [3.05, 3.63) is 29.5 Å². The number of hydrogen-bond acceptors (Lipinski definition) is 5. The Labute approximate surface area is 111 Å². The molecule has 1 aromatic heterocycles. The molecule has 0 unspecified atom stereocenters. The van der Waals surface area contributed by atoms with Crippen molar-refractivity contribution in [3.63, 3.8) is 0 Å². The Morgan fingerprint density at radius 1 is 1.26 bits per heavy atom. The summed E-state index contributed by atoms with van der Waals surface area (Å²) in [7, 11) is 0. The maximum Gasteiger partial charge on any atom is 0.187 e. The Hall–Kier alpha value is -2.19. The molecule has 0 N–H and O–H groups in total. The molecule has 5 heteroatoms. The molecule has 1 aromatic carbocycles. The topological polar surface area (TPSA) is 62.0 Å². The highest BCUT2D eigenvalue weighted by Gasteiger charge is 2.19. The molecule has 0 saturated carbocycles. The fourth-order valence-electron chi connectivity index (χ4n) is 2.39. The lowest BCUT2D eigenvalue weighted by Crippen LogP contribution is -2.37. The number of morpholine rings is 1. The maximum absolute atomic E-state index is 9.27. The molecule has 0 atom stereocenters. The predicted octanol–water partition coefficient (Wildman–Crippen LogP) is 1.65. The van der Waals surface area contributed by atoms with E-state index in [1.165, 1.54) is 0 Å². The van der Waals surface area contributed by atoms with Crippen LogP contribution in [0.1, 0.15) is 11.3 Å². The second-order valence-corrected chi connectivity index (χ2v) is 4.63. The van der Waals surface area contributed by atoms with Crippen LogP contribution in [0.3, 0.4) is 0 Å². The summed E-state index contributed by atoms with van der Waals surface area (Å²) in [5.74, 6) is 0. The van der Waals surface area contributed by atoms with Gasteiger partial charge in [-0.25, -0.2) is 0 Å². The number of nitriles is 1. The summed E-state index contributed by atoms with van der Waals surface area (Å²) in [4.78, 5) is 2.17. The molecule has 5 nitrogen and oxygen atoms in total. The third-order valence-electron chi connectivity index (χ3n) is 3.32. The summed E-state index contributed by atoms with van der Waals surface area (Å²) in [6, 6.07) is 8.17. The van der Waals surface area contributed by atoms with E-state index in [0.29, 0.717) is 18.9 Å². The summed E-state index contributed by atoms with van der Waals surface area (Å²) >= 11 is 0. The van der Waals surface area contributed by atoms with Crippen LogP contribution in [-0.4, -0.2) is 36.5 Å². The summed E-state index contributed by atoms with van der Waals surface area (Å²) in [6.45, 7) is 4.96. The largest absolute Gasteiger partial charge is 0.378 e. The first-order valence-corrected chi connectivity index (χ1v) is 6.29. The number of ether oxygens (including phenoxy) is 1. The van der Waals surface area contributed by atoms with Gasteiger partial charge < -0.3 is 9.64 Å². The maximum atomic E-state index is 9.27. The minimum absolute atomic E-state index is 0.389. The van der Waals surface area contributed by atoms with E-state index in [2.05, 4.69) is 27.2 Å². The van der Waals surface area contributed by atoms with Crippen molar-refractivity contribution in [2.75, 3.05) is 31.2 Å². The van der Waals surface area contributed by atoms with E-state index < -0.39 is 0 Å². The van der Waals surface area contributed by atoms with Gasteiger partial charge >= 0.3 is 0 Å². The summed E-state index contributed by atoms with van der Waals surface area (Å²) in [6.07, 6.45) is 0. The van der Waals surface area contributed by atoms with Crippen LogP contribution < -0.4 is 4.90 Å². The van der Waals surface area contributed by atoms with Gasteiger partial charge in [0, 0.05) is 18.5 Å². The Kier molecular flexibility index (Phi) is 3.02. The van der Waals surface area contributed by atoms with Crippen LogP contribution in [-0.2, 0) is 4.74 Å². The van der Waals surface area contributed by atoms with Gasteiger partial charge in [0.25, 0.3) is 0 Å². The van der Waals surface area contributed by atoms with Gasteiger partial charge in [0.05, 0.1) is 24.4 Å². The molecule has 2 aromatic rings. The van der Waals surface area contributed by atoms with Crippen molar-refractivity contribution in [2.45, 2.75) is 6.92 Å². The zero-order valence-corrected chi connectivity index (χ0v) is 10.8. The van der Waals surface area contributed by atoms with E-state index in [1.807, 2.05) is 19.1 Å². The fourth-order valence-corrected chi connectivity index (χ4v) is 2.39. The van der Waals surface area contributed by atoms with Crippen LogP contribution in [0, 0.1) is 18.3 Å². The normalized spacial score (nSPS) is 15.5. The molecule has 0 spiro atoms. The number of aryl methyl sites for hydroxylation is 1. The van der Waals surface area contributed by atoms with E-state index in [-0.39, 0.29) is 0 Å². The molecule has 1 saturated heterocycles. The van der Waals surface area contributed by atoms with Crippen LogP contribution in [0.25, 0.3) is 10.9 Å². The van der Waals surface area contributed by atoms with Crippen molar-refractivity contribution < 1.29 is 4.74 Å². The first-order valence-electron chi connectivity index (χ1n) is 6.29. The van der Waals surface area contributed by atoms with Crippen LogP contribution in [0.5, 0.6) is 0 Å². The molecule has 1 aliphatic rings. The molecule has 0 amide bonds. The fraction of sp³-hybridized carbons (Fsp3) is 0.357. The number of benzene rings is 1. The molecule has 96 valence electrons. The lowest BCUT2D eigenvalue weighted by molar-refractivity contribution is 0.123. The van der Waals surface area contributed by atoms with E-state index in [9.17, 15) is 5.26 Å². The van der Waals surface area contributed by atoms with Crippen LogP contribution in [0.15, 0.2) is 18.2 Å². The number of nitrogens with zero attached hydrogens (tertiary/aromatic N) is 4. The highest BCUT2D eigenvalue weighted by atomic mass is 16.5. The molecule has 0 radical (unpaired) electrons. The second-order valence-electron chi connectivity index (χ2n) is 4.63. The zero-order chi connectivity index (χ0) is 13.2. The Bertz CT molecular complexity index is 656. The average molecular weight is 254 g/mol. The van der Waals surface area contributed by atoms with E-state index in [1.54, 1.807) is 0 Å². The lowest BCUT2D eigenvalue weighted by Gasteiger charge is -2.29. The number of aromatic nitrogens is 2. The molecule has 19 heavy (non-hydrogen) atoms. The van der Waals surface area contributed by atoms with Crippen LogP contribution >= 0.6 is 0 Å². The van der Waals surface area contributed by atoms with Crippen molar-refractivity contribution >= 4 is 16.6 Å². The van der Waals surface area contributed by atoms with E-state index in [4.69, 9.17) is 4.74 Å². The Morgan fingerprint density at radius 2 is 2.05 bits per heavy atom. The number of fused-ring (bicyclic) bond motifs is 1. The van der Waals surface area contributed by atoms with Gasteiger partial charge in [-0.15, -0.1) is 10.2 Å². The van der Waals surface area contributed by atoms with Crippen molar-refractivity contribution in [2.24, 2.45) is 0 Å². The van der Waals surface area contributed by atoms with Crippen molar-refractivity contribution in [1.82, 2.24) is 10.2 Å². The standard InChI is InChI=1S/C14H14N4O/c1-10-2-3-12-11(8-10)14(13(9-15)17-16-12)18-4-6-19-7-5-18/h2-3,8H,4-7H2,1H3. The van der Waals surface area contributed by atoms with E-state index in [0.717, 1.165) is 35.2 Å². The third kappa shape index (κ3) is 2.11. The highest BCUT2D eigenvalue weighted by Crippen LogP contribution is 2.29. The lowest BCUT2D eigenvalue weighted by atomic mass is 10.1. The van der Waals surface area contributed by atoms with Crippen LogP contribution in [0.2, 0.25) is 0 Å². The summed E-state index contributed by atoms with van der Waals surface area (Å²) in [5.41, 5.74) is 3.25. The molecule has 0 aliphatic carbocycles. The molecule has 2 heterocycles. The van der Waals surface area contributed by atoms with Gasteiger partial charge in [-0.05, 0) is 19.1 Å². The Morgan fingerprint density at radius 3 is 2.79 bits per heavy atom. The number of hydrogen-bond donors (Lipinski definition) is 0. The molecule has 0 bridgehead atoms. The first kappa shape index (κ1) is 11.9. The second kappa shape index (κ2) is 4.82. The molecular weight excluding hydrogens is 240 g/mol. The van der Waals surface area contributed by atoms with Crippen molar-refractivity contribution in [1.29, 1.82) is 5.26 Å². The van der Waals surface area contributed by atoms with Gasteiger partial charge in [0.1, 0.15) is 6.07 Å². The smallest absolute Gasteiger partial charge is 0.187 e. The van der Waals surface area contributed by atoms with Gasteiger partial charge in [0.15, 0.2) is 5.69 Å². The van der Waals surface area contributed by atoms with Gasteiger partial charge in [-0.3, -0.25) is 0 Å². The number of anilines is 1. The quantitative estimate of drug-likeness (QED) is 0.774. The minimum atomic E-state index is 0.389.